The van der Waals surface area contributed by atoms with Crippen molar-refractivity contribution in [2.45, 2.75) is 32.2 Å². The van der Waals surface area contributed by atoms with Crippen molar-refractivity contribution in [3.05, 3.63) is 23.8 Å². The molecule has 1 N–H and O–H groups in total. The highest BCUT2D eigenvalue weighted by molar-refractivity contribution is 5.80. The van der Waals surface area contributed by atoms with Crippen molar-refractivity contribution in [3.63, 3.8) is 0 Å². The van der Waals surface area contributed by atoms with Crippen LogP contribution < -0.4 is 9.64 Å². The van der Waals surface area contributed by atoms with E-state index in [0.29, 0.717) is 35.9 Å². The van der Waals surface area contributed by atoms with Crippen molar-refractivity contribution in [1.82, 2.24) is 0 Å². The molecular formula is C16H20N2O3. The highest BCUT2D eigenvalue weighted by atomic mass is 16.5. The molecule has 1 fully saturated rings. The highest BCUT2D eigenvalue weighted by Gasteiger charge is 2.34. The summed E-state index contributed by atoms with van der Waals surface area (Å²) in [4.78, 5) is 13.4. The molecular weight excluding hydrogens is 268 g/mol. The monoisotopic (exact) mass is 288 g/mol. The van der Waals surface area contributed by atoms with E-state index in [0.717, 1.165) is 12.8 Å². The van der Waals surface area contributed by atoms with E-state index < -0.39 is 12.0 Å². The van der Waals surface area contributed by atoms with Crippen LogP contribution >= 0.6 is 0 Å². The van der Waals surface area contributed by atoms with Crippen molar-refractivity contribution in [2.75, 3.05) is 18.6 Å². The molecule has 2 unspecified atom stereocenters. The quantitative estimate of drug-likeness (QED) is 0.922. The van der Waals surface area contributed by atoms with Gasteiger partial charge in [0.1, 0.15) is 17.9 Å². The molecule has 1 aliphatic heterocycles. The molecule has 0 saturated carbocycles. The number of piperidine rings is 1. The molecule has 0 radical (unpaired) electrons. The van der Waals surface area contributed by atoms with Crippen LogP contribution in [-0.2, 0) is 4.79 Å². The smallest absolute Gasteiger partial charge is 0.326 e. The van der Waals surface area contributed by atoms with Crippen LogP contribution in [-0.4, -0.2) is 30.8 Å². The van der Waals surface area contributed by atoms with Crippen LogP contribution in [0.15, 0.2) is 18.2 Å². The van der Waals surface area contributed by atoms with Gasteiger partial charge in [0.2, 0.25) is 0 Å². The number of methoxy groups -OCH3 is 1. The van der Waals surface area contributed by atoms with E-state index in [2.05, 4.69) is 13.0 Å². The zero-order chi connectivity index (χ0) is 15.4. The van der Waals surface area contributed by atoms with E-state index in [-0.39, 0.29) is 0 Å². The summed E-state index contributed by atoms with van der Waals surface area (Å²) in [6.45, 7) is 2.74. The predicted molar refractivity (Wildman–Crippen MR) is 79.5 cm³/mol. The summed E-state index contributed by atoms with van der Waals surface area (Å²) in [6.07, 6.45) is 2.55. The van der Waals surface area contributed by atoms with Crippen LogP contribution in [0.5, 0.6) is 5.75 Å². The van der Waals surface area contributed by atoms with E-state index >= 15 is 0 Å². The van der Waals surface area contributed by atoms with Gasteiger partial charge in [-0.2, -0.15) is 5.26 Å². The number of benzene rings is 1. The molecule has 112 valence electrons. The number of hydrogen-bond acceptors (Lipinski definition) is 4. The Morgan fingerprint density at radius 2 is 2.33 bits per heavy atom. The lowest BCUT2D eigenvalue weighted by Crippen LogP contribution is -2.47. The Bertz CT molecular complexity index is 565. The molecule has 1 heterocycles. The number of carbonyl (C=O) groups is 1. The van der Waals surface area contributed by atoms with Crippen LogP contribution in [0.1, 0.15) is 31.7 Å². The number of rotatable bonds is 4. The lowest BCUT2D eigenvalue weighted by Gasteiger charge is -2.39. The van der Waals surface area contributed by atoms with Crippen molar-refractivity contribution >= 4 is 11.7 Å². The second-order valence-corrected chi connectivity index (χ2v) is 5.34. The number of anilines is 1. The molecule has 1 aliphatic rings. The minimum atomic E-state index is -0.833. The average molecular weight is 288 g/mol. The number of nitriles is 1. The maximum Gasteiger partial charge on any atom is 0.326 e. The first kappa shape index (κ1) is 15.2. The lowest BCUT2D eigenvalue weighted by molar-refractivity contribution is -0.139. The Hall–Kier alpha value is -2.22. The third-order valence-corrected chi connectivity index (χ3v) is 4.21. The second-order valence-electron chi connectivity index (χ2n) is 5.34. The fourth-order valence-corrected chi connectivity index (χ4v) is 2.90. The van der Waals surface area contributed by atoms with Crippen LogP contribution in [0.3, 0.4) is 0 Å². The molecule has 5 nitrogen and oxygen atoms in total. The van der Waals surface area contributed by atoms with E-state index in [1.165, 1.54) is 0 Å². The summed E-state index contributed by atoms with van der Waals surface area (Å²) in [5.74, 6) is 0.226. The predicted octanol–water partition coefficient (Wildman–Crippen LogP) is 2.65. The molecule has 0 aliphatic carbocycles. The summed E-state index contributed by atoms with van der Waals surface area (Å²) >= 11 is 0. The number of carboxylic acid groups (broad SMARTS) is 1. The average Bonchev–Trinajstić information content (AvgIpc) is 2.53. The molecule has 21 heavy (non-hydrogen) atoms. The van der Waals surface area contributed by atoms with Crippen LogP contribution in [0.25, 0.3) is 0 Å². The number of aliphatic carboxylic acids is 1. The van der Waals surface area contributed by atoms with Crippen LogP contribution in [0, 0.1) is 17.2 Å². The van der Waals surface area contributed by atoms with Crippen LogP contribution in [0.2, 0.25) is 0 Å². The Labute approximate surface area is 124 Å². The summed E-state index contributed by atoms with van der Waals surface area (Å²) in [6, 6.07) is 6.71. The van der Waals surface area contributed by atoms with Gasteiger partial charge in [-0.1, -0.05) is 13.3 Å². The number of carboxylic acids is 1. The Morgan fingerprint density at radius 1 is 1.57 bits per heavy atom. The molecule has 0 aromatic heterocycles. The van der Waals surface area contributed by atoms with Crippen molar-refractivity contribution in [3.8, 4) is 11.8 Å². The van der Waals surface area contributed by atoms with Crippen molar-refractivity contribution in [1.29, 1.82) is 5.26 Å². The number of hydrogen-bond donors (Lipinski definition) is 1. The van der Waals surface area contributed by atoms with E-state index in [1.54, 1.807) is 25.3 Å². The summed E-state index contributed by atoms with van der Waals surface area (Å²) in [7, 11) is 1.56. The molecule has 5 heteroatoms. The molecule has 2 rings (SSSR count). The fraction of sp³-hybridized carbons (Fsp3) is 0.500. The molecule has 0 amide bonds. The molecule has 0 bridgehead atoms. The largest absolute Gasteiger partial charge is 0.497 e. The number of nitrogens with zero attached hydrogens (tertiary/aromatic N) is 2. The first-order chi connectivity index (χ1) is 10.1. The zero-order valence-electron chi connectivity index (χ0n) is 12.4. The van der Waals surface area contributed by atoms with Gasteiger partial charge in [-0.25, -0.2) is 4.79 Å². The maximum atomic E-state index is 11.6. The van der Waals surface area contributed by atoms with Crippen molar-refractivity contribution < 1.29 is 14.6 Å². The van der Waals surface area contributed by atoms with Gasteiger partial charge in [0.25, 0.3) is 0 Å². The Kier molecular flexibility index (Phi) is 4.69. The normalized spacial score (nSPS) is 21.7. The Balaban J connectivity index is 2.39. The SMILES string of the molecule is CCC1CCN(c2cc(OC)ccc2C#N)C(C(=O)O)C1. The van der Waals surface area contributed by atoms with Gasteiger partial charge < -0.3 is 14.7 Å². The molecule has 1 aromatic rings. The maximum absolute atomic E-state index is 11.6. The van der Waals surface area contributed by atoms with Crippen molar-refractivity contribution in [2.24, 2.45) is 5.92 Å². The van der Waals surface area contributed by atoms with Gasteiger partial charge in [-0.3, -0.25) is 0 Å². The van der Waals surface area contributed by atoms with Gasteiger partial charge in [-0.05, 0) is 30.9 Å². The third-order valence-electron chi connectivity index (χ3n) is 4.21. The van der Waals surface area contributed by atoms with Crippen LogP contribution in [0.4, 0.5) is 5.69 Å². The topological polar surface area (TPSA) is 73.6 Å². The first-order valence-electron chi connectivity index (χ1n) is 7.18. The highest BCUT2D eigenvalue weighted by Crippen LogP contribution is 2.33. The molecule has 1 saturated heterocycles. The summed E-state index contributed by atoms with van der Waals surface area (Å²) < 4.78 is 5.20. The van der Waals surface area contributed by atoms with Gasteiger partial charge in [0.15, 0.2) is 0 Å². The molecule has 1 aromatic carbocycles. The first-order valence-corrected chi connectivity index (χ1v) is 7.18. The number of ether oxygens (including phenoxy) is 1. The third kappa shape index (κ3) is 3.10. The summed E-state index contributed by atoms with van der Waals surface area (Å²) in [5.41, 5.74) is 1.14. The standard InChI is InChI=1S/C16H20N2O3/c1-3-11-6-7-18(15(8-11)16(19)20)14-9-13(21-2)5-4-12(14)10-17/h4-5,9,11,15H,3,6-8H2,1-2H3,(H,19,20). The van der Waals surface area contributed by atoms with E-state index in [4.69, 9.17) is 4.74 Å². The van der Waals surface area contributed by atoms with E-state index in [9.17, 15) is 15.2 Å². The van der Waals surface area contributed by atoms with Gasteiger partial charge in [0.05, 0.1) is 18.4 Å². The van der Waals surface area contributed by atoms with Gasteiger partial charge >= 0.3 is 5.97 Å². The van der Waals surface area contributed by atoms with Gasteiger partial charge in [-0.15, -0.1) is 0 Å². The van der Waals surface area contributed by atoms with Gasteiger partial charge in [0, 0.05) is 12.6 Å². The minimum absolute atomic E-state index is 0.429. The minimum Gasteiger partial charge on any atom is -0.497 e. The molecule has 0 spiro atoms. The second kappa shape index (κ2) is 6.49. The fourth-order valence-electron chi connectivity index (χ4n) is 2.90. The lowest BCUT2D eigenvalue weighted by atomic mass is 9.88. The molecule has 2 atom stereocenters. The van der Waals surface area contributed by atoms with E-state index in [1.807, 2.05) is 4.90 Å². The zero-order valence-corrected chi connectivity index (χ0v) is 12.4. The Morgan fingerprint density at radius 3 is 2.90 bits per heavy atom. The summed E-state index contributed by atoms with van der Waals surface area (Å²) in [5, 5.41) is 18.8.